The van der Waals surface area contributed by atoms with Crippen LogP contribution in [0.5, 0.6) is 0 Å². The molecule has 0 aliphatic rings. The maximum Gasteiger partial charge on any atom is 0.142 e. The van der Waals surface area contributed by atoms with Gasteiger partial charge in [0.2, 0.25) is 0 Å². The first kappa shape index (κ1) is 11.0. The summed E-state index contributed by atoms with van der Waals surface area (Å²) in [6.45, 7) is 6.92. The lowest BCUT2D eigenvalue weighted by molar-refractivity contribution is -0.121. The number of hydrogen-bond acceptors (Lipinski definition) is 2. The molecule has 0 radical (unpaired) electrons. The summed E-state index contributed by atoms with van der Waals surface area (Å²) in [4.78, 5) is 15.7. The number of carbonyl (C=O) groups is 1. The Labute approximate surface area is 85.2 Å². The molecule has 0 amide bonds. The average Bonchev–Trinajstić information content (AvgIpc) is 2.53. The van der Waals surface area contributed by atoms with Crippen LogP contribution in [0.1, 0.15) is 33.0 Å². The van der Waals surface area contributed by atoms with Crippen LogP contribution in [-0.2, 0) is 17.8 Å². The van der Waals surface area contributed by atoms with E-state index in [0.717, 1.165) is 18.8 Å². The van der Waals surface area contributed by atoms with Crippen LogP contribution in [0.25, 0.3) is 0 Å². The molecule has 0 saturated heterocycles. The second kappa shape index (κ2) is 4.94. The topological polar surface area (TPSA) is 34.9 Å². The van der Waals surface area contributed by atoms with Gasteiger partial charge < -0.3 is 4.57 Å². The Morgan fingerprint density at radius 1 is 1.57 bits per heavy atom. The molecule has 0 spiro atoms. The van der Waals surface area contributed by atoms with Gasteiger partial charge >= 0.3 is 0 Å². The number of hydrogen-bond donors (Lipinski definition) is 0. The molecular formula is C11H18N2O. The molecule has 0 aliphatic carbocycles. The van der Waals surface area contributed by atoms with Crippen molar-refractivity contribution in [2.75, 3.05) is 0 Å². The fraction of sp³-hybridized carbons (Fsp3) is 0.636. The third-order valence-corrected chi connectivity index (χ3v) is 2.24. The van der Waals surface area contributed by atoms with Gasteiger partial charge in [0, 0.05) is 24.9 Å². The standard InChI is InChI=1S/C11H18N2O/c1-4-6-13-7-5-12-11(13)8-10(14)9(2)3/h5,7,9H,4,6,8H2,1-3H3. The molecular weight excluding hydrogens is 176 g/mol. The molecule has 0 saturated carbocycles. The summed E-state index contributed by atoms with van der Waals surface area (Å²) in [5, 5.41) is 0. The van der Waals surface area contributed by atoms with Crippen LogP contribution in [0.15, 0.2) is 12.4 Å². The highest BCUT2D eigenvalue weighted by Gasteiger charge is 2.11. The van der Waals surface area contributed by atoms with Crippen LogP contribution in [0.3, 0.4) is 0 Å². The van der Waals surface area contributed by atoms with E-state index in [2.05, 4.69) is 16.5 Å². The number of nitrogens with zero attached hydrogens (tertiary/aromatic N) is 2. The SMILES string of the molecule is CCCn1ccnc1CC(=O)C(C)C. The normalized spacial score (nSPS) is 10.9. The first-order chi connectivity index (χ1) is 6.65. The molecule has 0 bridgehead atoms. The molecule has 14 heavy (non-hydrogen) atoms. The molecule has 0 fully saturated rings. The number of rotatable bonds is 5. The van der Waals surface area contributed by atoms with Crippen molar-refractivity contribution in [3.05, 3.63) is 18.2 Å². The van der Waals surface area contributed by atoms with Gasteiger partial charge in [-0.15, -0.1) is 0 Å². The minimum Gasteiger partial charge on any atom is -0.335 e. The Kier molecular flexibility index (Phi) is 3.86. The lowest BCUT2D eigenvalue weighted by atomic mass is 10.1. The van der Waals surface area contributed by atoms with Gasteiger partial charge in [-0.05, 0) is 6.42 Å². The van der Waals surface area contributed by atoms with Crippen LogP contribution >= 0.6 is 0 Å². The Hall–Kier alpha value is -1.12. The van der Waals surface area contributed by atoms with Gasteiger partial charge in [0.05, 0.1) is 6.42 Å². The number of imidazole rings is 1. The van der Waals surface area contributed by atoms with Gasteiger partial charge in [-0.2, -0.15) is 0 Å². The zero-order chi connectivity index (χ0) is 10.6. The van der Waals surface area contributed by atoms with E-state index in [0.29, 0.717) is 6.42 Å². The van der Waals surface area contributed by atoms with E-state index in [1.54, 1.807) is 6.20 Å². The van der Waals surface area contributed by atoms with Crippen molar-refractivity contribution in [3.63, 3.8) is 0 Å². The van der Waals surface area contributed by atoms with Crippen molar-refractivity contribution in [2.45, 2.75) is 40.2 Å². The molecule has 0 atom stereocenters. The Morgan fingerprint density at radius 2 is 2.29 bits per heavy atom. The van der Waals surface area contributed by atoms with Crippen molar-refractivity contribution >= 4 is 5.78 Å². The first-order valence-corrected chi connectivity index (χ1v) is 5.17. The monoisotopic (exact) mass is 194 g/mol. The van der Waals surface area contributed by atoms with E-state index < -0.39 is 0 Å². The first-order valence-electron chi connectivity index (χ1n) is 5.17. The summed E-state index contributed by atoms with van der Waals surface area (Å²) in [6, 6.07) is 0. The van der Waals surface area contributed by atoms with Gasteiger partial charge in [0.1, 0.15) is 11.6 Å². The lowest BCUT2D eigenvalue weighted by Crippen LogP contribution is -2.14. The smallest absolute Gasteiger partial charge is 0.142 e. The number of Topliss-reactive ketones (excluding diaryl/α,β-unsaturated/α-hetero) is 1. The summed E-state index contributed by atoms with van der Waals surface area (Å²) in [7, 11) is 0. The van der Waals surface area contributed by atoms with Crippen molar-refractivity contribution in [1.82, 2.24) is 9.55 Å². The van der Waals surface area contributed by atoms with Crippen LogP contribution in [0, 0.1) is 5.92 Å². The second-order valence-corrected chi connectivity index (χ2v) is 3.83. The van der Waals surface area contributed by atoms with Crippen LogP contribution in [-0.4, -0.2) is 15.3 Å². The summed E-state index contributed by atoms with van der Waals surface area (Å²) in [5.74, 6) is 1.25. The summed E-state index contributed by atoms with van der Waals surface area (Å²) < 4.78 is 2.06. The Morgan fingerprint density at radius 3 is 2.86 bits per heavy atom. The minimum atomic E-state index is 0.0989. The van der Waals surface area contributed by atoms with Gasteiger partial charge in [0.25, 0.3) is 0 Å². The zero-order valence-corrected chi connectivity index (χ0v) is 9.16. The zero-order valence-electron chi connectivity index (χ0n) is 9.16. The average molecular weight is 194 g/mol. The second-order valence-electron chi connectivity index (χ2n) is 3.83. The Bertz CT molecular complexity index is 302. The molecule has 3 heteroatoms. The fourth-order valence-corrected chi connectivity index (χ4v) is 1.31. The number of carbonyl (C=O) groups excluding carboxylic acids is 1. The number of ketones is 1. The van der Waals surface area contributed by atoms with Crippen LogP contribution in [0.2, 0.25) is 0 Å². The van der Waals surface area contributed by atoms with Crippen molar-refractivity contribution < 1.29 is 4.79 Å². The van der Waals surface area contributed by atoms with Crippen molar-refractivity contribution in [1.29, 1.82) is 0 Å². The van der Waals surface area contributed by atoms with E-state index in [1.807, 2.05) is 20.0 Å². The van der Waals surface area contributed by atoms with Gasteiger partial charge in [0.15, 0.2) is 0 Å². The quantitative estimate of drug-likeness (QED) is 0.719. The highest BCUT2D eigenvalue weighted by Crippen LogP contribution is 2.05. The predicted octanol–water partition coefficient (Wildman–Crippen LogP) is 2.06. The molecule has 0 aromatic carbocycles. The maximum absolute atomic E-state index is 11.5. The molecule has 0 aliphatic heterocycles. The van der Waals surface area contributed by atoms with Gasteiger partial charge in [-0.25, -0.2) is 4.98 Å². The van der Waals surface area contributed by atoms with Crippen molar-refractivity contribution in [3.8, 4) is 0 Å². The highest BCUT2D eigenvalue weighted by atomic mass is 16.1. The maximum atomic E-state index is 11.5. The number of aromatic nitrogens is 2. The fourth-order valence-electron chi connectivity index (χ4n) is 1.31. The Balaban J connectivity index is 2.66. The van der Waals surface area contributed by atoms with Crippen molar-refractivity contribution in [2.24, 2.45) is 5.92 Å². The lowest BCUT2D eigenvalue weighted by Gasteiger charge is -2.06. The molecule has 0 N–H and O–H groups in total. The third kappa shape index (κ3) is 2.69. The van der Waals surface area contributed by atoms with Gasteiger partial charge in [-0.3, -0.25) is 4.79 Å². The van der Waals surface area contributed by atoms with E-state index in [9.17, 15) is 4.79 Å². The molecule has 3 nitrogen and oxygen atoms in total. The van der Waals surface area contributed by atoms with Crippen LogP contribution < -0.4 is 0 Å². The summed E-state index contributed by atoms with van der Waals surface area (Å²) >= 11 is 0. The molecule has 0 unspecified atom stereocenters. The van der Waals surface area contributed by atoms with Crippen LogP contribution in [0.4, 0.5) is 0 Å². The van der Waals surface area contributed by atoms with E-state index in [4.69, 9.17) is 0 Å². The molecule has 1 aromatic heterocycles. The largest absolute Gasteiger partial charge is 0.335 e. The van der Waals surface area contributed by atoms with E-state index in [1.165, 1.54) is 0 Å². The summed E-state index contributed by atoms with van der Waals surface area (Å²) in [5.41, 5.74) is 0. The molecule has 1 heterocycles. The predicted molar refractivity (Wildman–Crippen MR) is 56.1 cm³/mol. The molecule has 1 rings (SSSR count). The third-order valence-electron chi connectivity index (χ3n) is 2.24. The molecule has 78 valence electrons. The van der Waals surface area contributed by atoms with Gasteiger partial charge in [-0.1, -0.05) is 20.8 Å². The van der Waals surface area contributed by atoms with E-state index >= 15 is 0 Å². The summed E-state index contributed by atoms with van der Waals surface area (Å²) in [6.07, 6.45) is 5.23. The van der Waals surface area contributed by atoms with E-state index in [-0.39, 0.29) is 11.7 Å². The molecule has 1 aromatic rings. The number of aryl methyl sites for hydroxylation is 1. The minimum absolute atomic E-state index is 0.0989. The highest BCUT2D eigenvalue weighted by molar-refractivity contribution is 5.81.